The number of benzene rings is 1. The van der Waals surface area contributed by atoms with E-state index in [1.165, 1.54) is 7.11 Å². The summed E-state index contributed by atoms with van der Waals surface area (Å²) in [6, 6.07) is 7.95. The number of rotatable bonds is 2. The Labute approximate surface area is 114 Å². The predicted molar refractivity (Wildman–Crippen MR) is 71.3 cm³/mol. The van der Waals surface area contributed by atoms with Gasteiger partial charge in [0.2, 0.25) is 11.1 Å². The van der Waals surface area contributed by atoms with E-state index >= 15 is 0 Å². The van der Waals surface area contributed by atoms with Crippen LogP contribution in [0.1, 0.15) is 5.56 Å². The Morgan fingerprint density at radius 1 is 1.21 bits per heavy atom. The predicted octanol–water partition coefficient (Wildman–Crippen LogP) is 3.26. The molecular weight excluding hydrogens is 266 g/mol. The van der Waals surface area contributed by atoms with E-state index in [0.29, 0.717) is 11.6 Å². The van der Waals surface area contributed by atoms with Crippen molar-refractivity contribution in [1.82, 2.24) is 15.0 Å². The van der Waals surface area contributed by atoms with Gasteiger partial charge in [-0.2, -0.15) is 15.0 Å². The van der Waals surface area contributed by atoms with E-state index in [2.05, 4.69) is 15.0 Å². The first-order valence-corrected chi connectivity index (χ1v) is 6.00. The number of para-hydroxylation sites is 1. The van der Waals surface area contributed by atoms with Crippen molar-refractivity contribution in [2.75, 3.05) is 7.11 Å². The quantitative estimate of drug-likeness (QED) is 0.718. The number of nitrogens with zero attached hydrogens (tertiary/aromatic N) is 3. The van der Waals surface area contributed by atoms with Crippen LogP contribution < -0.4 is 4.74 Å². The molecule has 0 radical (unpaired) electrons. The Morgan fingerprint density at radius 2 is 2.05 bits per heavy atom. The van der Waals surface area contributed by atoms with E-state index in [1.807, 2.05) is 31.2 Å². The van der Waals surface area contributed by atoms with E-state index in [0.717, 1.165) is 16.5 Å². The number of aryl methyl sites for hydroxylation is 1. The van der Waals surface area contributed by atoms with Crippen molar-refractivity contribution >= 4 is 22.6 Å². The molecule has 0 fully saturated rings. The Hall–Kier alpha value is -2.14. The van der Waals surface area contributed by atoms with E-state index in [-0.39, 0.29) is 11.3 Å². The number of fused-ring (bicyclic) bond motifs is 1. The first-order chi connectivity index (χ1) is 9.17. The van der Waals surface area contributed by atoms with Crippen molar-refractivity contribution in [2.45, 2.75) is 6.92 Å². The van der Waals surface area contributed by atoms with Crippen LogP contribution in [0.5, 0.6) is 6.01 Å². The van der Waals surface area contributed by atoms with Crippen LogP contribution >= 0.6 is 11.6 Å². The van der Waals surface area contributed by atoms with Crippen LogP contribution in [0, 0.1) is 6.92 Å². The topological polar surface area (TPSA) is 61.0 Å². The normalized spacial score (nSPS) is 10.9. The molecule has 96 valence electrons. The average Bonchev–Trinajstić information content (AvgIpc) is 2.83. The van der Waals surface area contributed by atoms with Crippen LogP contribution in [-0.4, -0.2) is 22.1 Å². The van der Waals surface area contributed by atoms with Gasteiger partial charge in [-0.1, -0.05) is 18.2 Å². The van der Waals surface area contributed by atoms with Crippen LogP contribution in [0.15, 0.2) is 28.7 Å². The minimum Gasteiger partial charge on any atom is -0.467 e. The molecule has 0 amide bonds. The molecule has 0 unspecified atom stereocenters. The number of hydrogen-bond acceptors (Lipinski definition) is 5. The Bertz CT molecular complexity index is 755. The summed E-state index contributed by atoms with van der Waals surface area (Å²) in [5, 5.41) is 1.06. The van der Waals surface area contributed by atoms with Gasteiger partial charge in [-0.3, -0.25) is 0 Å². The van der Waals surface area contributed by atoms with E-state index in [1.54, 1.807) is 0 Å². The van der Waals surface area contributed by atoms with Gasteiger partial charge >= 0.3 is 6.01 Å². The van der Waals surface area contributed by atoms with Crippen molar-refractivity contribution in [3.63, 3.8) is 0 Å². The largest absolute Gasteiger partial charge is 0.467 e. The maximum absolute atomic E-state index is 5.82. The molecule has 19 heavy (non-hydrogen) atoms. The van der Waals surface area contributed by atoms with Crippen LogP contribution in [0.4, 0.5) is 0 Å². The summed E-state index contributed by atoms with van der Waals surface area (Å²) in [5.74, 6) is 0.888. The zero-order valence-corrected chi connectivity index (χ0v) is 11.1. The highest BCUT2D eigenvalue weighted by molar-refractivity contribution is 6.28. The molecule has 0 atom stereocenters. The van der Waals surface area contributed by atoms with E-state index in [4.69, 9.17) is 20.8 Å². The minimum atomic E-state index is 0.0685. The van der Waals surface area contributed by atoms with Gasteiger partial charge in [0.05, 0.1) is 7.11 Å². The standard InChI is InChI=1S/C13H10ClN3O2/c1-7-4-3-5-8-6-9(19-10(7)8)11-15-12(14)17-13(16-11)18-2/h3-6H,1-2H3. The average molecular weight is 276 g/mol. The zero-order valence-electron chi connectivity index (χ0n) is 10.3. The highest BCUT2D eigenvalue weighted by Gasteiger charge is 2.13. The van der Waals surface area contributed by atoms with Gasteiger partial charge in [-0.15, -0.1) is 0 Å². The fourth-order valence-electron chi connectivity index (χ4n) is 1.85. The van der Waals surface area contributed by atoms with Crippen molar-refractivity contribution in [3.8, 4) is 17.6 Å². The van der Waals surface area contributed by atoms with Gasteiger partial charge in [-0.25, -0.2) is 0 Å². The lowest BCUT2D eigenvalue weighted by molar-refractivity contribution is 0.378. The van der Waals surface area contributed by atoms with Crippen LogP contribution in [0.3, 0.4) is 0 Å². The maximum atomic E-state index is 5.82. The Balaban J connectivity index is 2.19. The van der Waals surface area contributed by atoms with Gasteiger partial charge in [-0.05, 0) is 30.2 Å². The Kier molecular flexibility index (Phi) is 2.83. The highest BCUT2D eigenvalue weighted by atomic mass is 35.5. The third kappa shape index (κ3) is 2.13. The molecule has 3 rings (SSSR count). The molecule has 0 aliphatic heterocycles. The second-order valence-electron chi connectivity index (χ2n) is 4.02. The van der Waals surface area contributed by atoms with Crippen LogP contribution in [0.25, 0.3) is 22.6 Å². The van der Waals surface area contributed by atoms with Crippen molar-refractivity contribution in [1.29, 1.82) is 0 Å². The molecule has 0 saturated heterocycles. The lowest BCUT2D eigenvalue weighted by Gasteiger charge is -1.99. The van der Waals surface area contributed by atoms with Gasteiger partial charge < -0.3 is 9.15 Å². The molecule has 0 aliphatic rings. The third-order valence-corrected chi connectivity index (χ3v) is 2.90. The van der Waals surface area contributed by atoms with Crippen molar-refractivity contribution in [2.24, 2.45) is 0 Å². The summed E-state index contributed by atoms with van der Waals surface area (Å²) in [4.78, 5) is 12.0. The summed E-state index contributed by atoms with van der Waals surface area (Å²) < 4.78 is 10.7. The SMILES string of the molecule is COc1nc(Cl)nc(-c2cc3cccc(C)c3o2)n1. The molecule has 0 N–H and O–H groups in total. The highest BCUT2D eigenvalue weighted by Crippen LogP contribution is 2.28. The Morgan fingerprint density at radius 3 is 2.79 bits per heavy atom. The molecule has 0 spiro atoms. The second kappa shape index (κ2) is 4.51. The number of ether oxygens (including phenoxy) is 1. The maximum Gasteiger partial charge on any atom is 0.321 e. The number of methoxy groups -OCH3 is 1. The summed E-state index contributed by atoms with van der Waals surface area (Å²) in [6.07, 6.45) is 0. The van der Waals surface area contributed by atoms with Gasteiger partial charge in [0.1, 0.15) is 5.58 Å². The van der Waals surface area contributed by atoms with Crippen LogP contribution in [-0.2, 0) is 0 Å². The number of hydrogen-bond donors (Lipinski definition) is 0. The second-order valence-corrected chi connectivity index (χ2v) is 4.36. The lowest BCUT2D eigenvalue weighted by atomic mass is 10.2. The molecule has 6 heteroatoms. The van der Waals surface area contributed by atoms with Gasteiger partial charge in [0, 0.05) is 5.39 Å². The van der Waals surface area contributed by atoms with Crippen molar-refractivity contribution < 1.29 is 9.15 Å². The molecule has 0 aliphatic carbocycles. The molecular formula is C13H10ClN3O2. The molecule has 1 aromatic carbocycles. The zero-order chi connectivity index (χ0) is 13.4. The van der Waals surface area contributed by atoms with E-state index in [9.17, 15) is 0 Å². The smallest absolute Gasteiger partial charge is 0.321 e. The monoisotopic (exact) mass is 275 g/mol. The molecule has 3 aromatic rings. The van der Waals surface area contributed by atoms with Crippen molar-refractivity contribution in [3.05, 3.63) is 35.1 Å². The first kappa shape index (κ1) is 11.9. The molecule has 0 bridgehead atoms. The fourth-order valence-corrected chi connectivity index (χ4v) is 2.00. The fraction of sp³-hybridized carbons (Fsp3) is 0.154. The minimum absolute atomic E-state index is 0.0685. The summed E-state index contributed by atoms with van der Waals surface area (Å²) in [6.45, 7) is 1.98. The number of aromatic nitrogens is 3. The molecule has 2 heterocycles. The third-order valence-electron chi connectivity index (χ3n) is 2.73. The molecule has 0 saturated carbocycles. The number of halogens is 1. The molecule has 5 nitrogen and oxygen atoms in total. The summed E-state index contributed by atoms with van der Waals surface area (Å²) >= 11 is 5.82. The summed E-state index contributed by atoms with van der Waals surface area (Å²) in [7, 11) is 1.47. The summed E-state index contributed by atoms with van der Waals surface area (Å²) in [5.41, 5.74) is 1.86. The number of furan rings is 1. The first-order valence-electron chi connectivity index (χ1n) is 5.62. The van der Waals surface area contributed by atoms with Crippen LogP contribution in [0.2, 0.25) is 5.28 Å². The van der Waals surface area contributed by atoms with E-state index < -0.39 is 0 Å². The van der Waals surface area contributed by atoms with Gasteiger partial charge in [0.25, 0.3) is 0 Å². The van der Waals surface area contributed by atoms with Gasteiger partial charge in [0.15, 0.2) is 5.76 Å². The lowest BCUT2D eigenvalue weighted by Crippen LogP contribution is -1.97. The molecule has 2 aromatic heterocycles.